The van der Waals surface area contributed by atoms with Crippen LogP contribution >= 0.6 is 35.3 Å². The summed E-state index contributed by atoms with van der Waals surface area (Å²) in [6.45, 7) is 9.17. The molecule has 8 heteroatoms. The first kappa shape index (κ1) is 25.8. The second-order valence-corrected chi connectivity index (χ2v) is 9.12. The van der Waals surface area contributed by atoms with Gasteiger partial charge in [0.1, 0.15) is 0 Å². The second-order valence-electron chi connectivity index (χ2n) is 8.14. The van der Waals surface area contributed by atoms with Crippen molar-refractivity contribution in [2.45, 2.75) is 45.1 Å². The zero-order valence-corrected chi connectivity index (χ0v) is 21.7. The second kappa shape index (κ2) is 13.9. The average molecular weight is 551 g/mol. The van der Waals surface area contributed by atoms with Gasteiger partial charge in [-0.2, -0.15) is 0 Å². The fraction of sp³-hybridized carbons (Fsp3) is 0.773. The van der Waals surface area contributed by atoms with E-state index in [9.17, 15) is 0 Å². The first-order valence-corrected chi connectivity index (χ1v) is 12.0. The zero-order chi connectivity index (χ0) is 20.4. The molecule has 1 aromatic heterocycles. The van der Waals surface area contributed by atoms with E-state index in [1.54, 1.807) is 0 Å². The fourth-order valence-electron chi connectivity index (χ4n) is 4.54. The Balaban J connectivity index is 0.00000320. The van der Waals surface area contributed by atoms with Crippen LogP contribution in [0.2, 0.25) is 0 Å². The summed E-state index contributed by atoms with van der Waals surface area (Å²) >= 11 is 1.83. The van der Waals surface area contributed by atoms with Crippen LogP contribution in [0.25, 0.3) is 0 Å². The number of hydrogen-bond donors (Lipinski definition) is 2. The highest BCUT2D eigenvalue weighted by Crippen LogP contribution is 2.40. The molecule has 172 valence electrons. The summed E-state index contributed by atoms with van der Waals surface area (Å²) in [6.07, 6.45) is 6.37. The Morgan fingerprint density at radius 1 is 1.30 bits per heavy atom. The highest BCUT2D eigenvalue weighted by Gasteiger charge is 2.33. The van der Waals surface area contributed by atoms with Crippen molar-refractivity contribution in [2.75, 3.05) is 59.7 Å². The Morgan fingerprint density at radius 2 is 2.07 bits per heavy atom. The number of guanidine groups is 1. The number of ether oxygens (including phenoxy) is 2. The molecule has 2 heterocycles. The monoisotopic (exact) mass is 550 g/mol. The molecule has 0 aromatic carbocycles. The number of thiophene rings is 1. The van der Waals surface area contributed by atoms with E-state index in [0.29, 0.717) is 11.5 Å². The van der Waals surface area contributed by atoms with Gasteiger partial charge in [0.05, 0.1) is 19.3 Å². The lowest BCUT2D eigenvalue weighted by molar-refractivity contribution is 0.0177. The van der Waals surface area contributed by atoms with Gasteiger partial charge in [-0.3, -0.25) is 9.89 Å². The normalized spacial score (nSPS) is 20.5. The number of rotatable bonds is 10. The van der Waals surface area contributed by atoms with Crippen LogP contribution in [0.4, 0.5) is 0 Å². The van der Waals surface area contributed by atoms with Gasteiger partial charge in [-0.1, -0.05) is 18.9 Å². The zero-order valence-electron chi connectivity index (χ0n) is 18.5. The van der Waals surface area contributed by atoms with Crippen LogP contribution in [0.15, 0.2) is 22.5 Å². The van der Waals surface area contributed by atoms with E-state index in [-0.39, 0.29) is 24.0 Å². The molecule has 30 heavy (non-hydrogen) atoms. The Hall–Kier alpha value is -0.420. The molecule has 1 unspecified atom stereocenters. The molecular weight excluding hydrogens is 511 g/mol. The van der Waals surface area contributed by atoms with Gasteiger partial charge in [0, 0.05) is 51.3 Å². The lowest BCUT2D eigenvalue weighted by Crippen LogP contribution is -2.48. The quantitative estimate of drug-likeness (QED) is 0.201. The van der Waals surface area contributed by atoms with E-state index in [1.807, 2.05) is 18.4 Å². The van der Waals surface area contributed by atoms with Crippen molar-refractivity contribution < 1.29 is 9.47 Å². The molecule has 0 amide bonds. The predicted octanol–water partition coefficient (Wildman–Crippen LogP) is 3.89. The van der Waals surface area contributed by atoms with Crippen molar-refractivity contribution in [2.24, 2.45) is 10.4 Å². The number of nitrogens with zero attached hydrogens (tertiary/aromatic N) is 2. The molecule has 6 nitrogen and oxygen atoms in total. The summed E-state index contributed by atoms with van der Waals surface area (Å²) in [5, 5.41) is 9.39. The van der Waals surface area contributed by atoms with Crippen LogP contribution in [0, 0.1) is 5.41 Å². The molecular formula is C22H39IN4O2S. The summed E-state index contributed by atoms with van der Waals surface area (Å²) in [5.41, 5.74) is 0.351. The van der Waals surface area contributed by atoms with Crippen LogP contribution in [0.3, 0.4) is 0 Å². The van der Waals surface area contributed by atoms with Crippen LogP contribution < -0.4 is 10.6 Å². The molecule has 0 radical (unpaired) electrons. The largest absolute Gasteiger partial charge is 0.382 e. The molecule has 2 fully saturated rings. The third-order valence-corrected chi connectivity index (χ3v) is 7.29. The minimum Gasteiger partial charge on any atom is -0.382 e. The Labute approximate surface area is 203 Å². The lowest BCUT2D eigenvalue weighted by atomic mass is 9.83. The highest BCUT2D eigenvalue weighted by molar-refractivity contribution is 14.0. The van der Waals surface area contributed by atoms with Crippen LogP contribution in [0.1, 0.15) is 49.9 Å². The summed E-state index contributed by atoms with van der Waals surface area (Å²) in [5.74, 6) is 0.905. The SMILES string of the molecule is CCOCCC1(CNC(=NC)NCC(c2cccs2)N2CCOCC2)CCCC1.I. The standard InChI is InChI=1S/C22H38N4O2S.HI/c1-3-27-13-10-22(8-4-5-9-22)18-25-21(23-2)24-17-19(20-7-6-16-29-20)26-11-14-28-15-12-26;/h6-7,16,19H,3-5,8-15,17-18H2,1-2H3,(H2,23,24,25);1H. The minimum absolute atomic E-state index is 0. The summed E-state index contributed by atoms with van der Waals surface area (Å²) in [4.78, 5) is 8.42. The molecule has 1 aliphatic carbocycles. The molecule has 1 saturated carbocycles. The van der Waals surface area contributed by atoms with Crippen LogP contribution in [0.5, 0.6) is 0 Å². The molecule has 0 bridgehead atoms. The Morgan fingerprint density at radius 3 is 2.70 bits per heavy atom. The number of hydrogen-bond acceptors (Lipinski definition) is 5. The van der Waals surface area contributed by atoms with Crippen LogP contribution in [-0.4, -0.2) is 70.5 Å². The van der Waals surface area contributed by atoms with Gasteiger partial charge < -0.3 is 20.1 Å². The molecule has 3 rings (SSSR count). The maximum absolute atomic E-state index is 5.65. The van der Waals surface area contributed by atoms with Crippen molar-refractivity contribution in [3.05, 3.63) is 22.4 Å². The van der Waals surface area contributed by atoms with Crippen LogP contribution in [-0.2, 0) is 9.47 Å². The molecule has 2 N–H and O–H groups in total. The molecule has 1 aromatic rings. The van der Waals surface area contributed by atoms with Gasteiger partial charge in [-0.15, -0.1) is 35.3 Å². The molecule has 0 spiro atoms. The first-order chi connectivity index (χ1) is 14.3. The van der Waals surface area contributed by atoms with E-state index in [0.717, 1.165) is 65.0 Å². The van der Waals surface area contributed by atoms with Gasteiger partial charge in [-0.25, -0.2) is 0 Å². The summed E-state index contributed by atoms with van der Waals surface area (Å²) in [6, 6.07) is 4.74. The van der Waals surface area contributed by atoms with Crippen molar-refractivity contribution >= 4 is 41.3 Å². The van der Waals surface area contributed by atoms with E-state index in [2.05, 4.69) is 45.0 Å². The summed E-state index contributed by atoms with van der Waals surface area (Å²) in [7, 11) is 1.87. The Kier molecular flexibility index (Phi) is 12.0. The van der Waals surface area contributed by atoms with Gasteiger partial charge in [0.2, 0.25) is 0 Å². The third-order valence-electron chi connectivity index (χ3n) is 6.32. The van der Waals surface area contributed by atoms with Gasteiger partial charge in [0.15, 0.2) is 5.96 Å². The number of aliphatic imine (C=N–C) groups is 1. The third kappa shape index (κ3) is 7.62. The average Bonchev–Trinajstić information content (AvgIpc) is 3.44. The van der Waals surface area contributed by atoms with E-state index >= 15 is 0 Å². The molecule has 1 aliphatic heterocycles. The molecule has 2 aliphatic rings. The van der Waals surface area contributed by atoms with Crippen molar-refractivity contribution in [1.82, 2.24) is 15.5 Å². The fourth-order valence-corrected chi connectivity index (χ4v) is 5.40. The maximum atomic E-state index is 5.65. The smallest absolute Gasteiger partial charge is 0.191 e. The lowest BCUT2D eigenvalue weighted by Gasteiger charge is -2.35. The van der Waals surface area contributed by atoms with E-state index < -0.39 is 0 Å². The van der Waals surface area contributed by atoms with E-state index in [4.69, 9.17) is 9.47 Å². The number of nitrogens with one attached hydrogen (secondary N) is 2. The Bertz CT molecular complexity index is 602. The van der Waals surface area contributed by atoms with Gasteiger partial charge in [-0.05, 0) is 43.0 Å². The topological polar surface area (TPSA) is 58.1 Å². The molecule has 1 atom stereocenters. The van der Waals surface area contributed by atoms with Gasteiger partial charge in [0.25, 0.3) is 0 Å². The van der Waals surface area contributed by atoms with Crippen molar-refractivity contribution in [1.29, 1.82) is 0 Å². The number of morpholine rings is 1. The van der Waals surface area contributed by atoms with E-state index in [1.165, 1.54) is 30.6 Å². The van der Waals surface area contributed by atoms with Crippen molar-refractivity contribution in [3.8, 4) is 0 Å². The van der Waals surface area contributed by atoms with Crippen molar-refractivity contribution in [3.63, 3.8) is 0 Å². The highest BCUT2D eigenvalue weighted by atomic mass is 127. The number of halogens is 1. The maximum Gasteiger partial charge on any atom is 0.191 e. The minimum atomic E-state index is 0. The first-order valence-electron chi connectivity index (χ1n) is 11.1. The summed E-state index contributed by atoms with van der Waals surface area (Å²) < 4.78 is 11.2. The molecule has 1 saturated heterocycles. The van der Waals surface area contributed by atoms with Gasteiger partial charge >= 0.3 is 0 Å². The predicted molar refractivity (Wildman–Crippen MR) is 136 cm³/mol.